The van der Waals surface area contributed by atoms with Gasteiger partial charge in [-0.25, -0.2) is 4.98 Å². The lowest BCUT2D eigenvalue weighted by Crippen LogP contribution is -2.25. The number of nitrogens with zero attached hydrogens (tertiary/aromatic N) is 2. The predicted octanol–water partition coefficient (Wildman–Crippen LogP) is 3.36. The zero-order valence-electron chi connectivity index (χ0n) is 15.2. The molecule has 138 valence electrons. The molecule has 1 heterocycles. The van der Waals surface area contributed by atoms with Gasteiger partial charge in [-0.3, -0.25) is 14.2 Å². The smallest absolute Gasteiger partial charge is 0.265 e. The number of hydrogen-bond donors (Lipinski definition) is 1. The van der Waals surface area contributed by atoms with E-state index >= 15 is 0 Å². The Labute approximate surface area is 162 Å². The number of rotatable bonds is 5. The largest absolute Gasteiger partial charge is 0.352 e. The van der Waals surface area contributed by atoms with Gasteiger partial charge < -0.3 is 5.32 Å². The Bertz CT molecular complexity index is 1170. The van der Waals surface area contributed by atoms with Gasteiger partial charge in [0, 0.05) is 12.1 Å². The Morgan fingerprint density at radius 2 is 1.61 bits per heavy atom. The molecule has 3 aromatic carbocycles. The lowest BCUT2D eigenvalue weighted by atomic mass is 10.1. The van der Waals surface area contributed by atoms with E-state index in [-0.39, 0.29) is 11.5 Å². The highest BCUT2D eigenvalue weighted by atomic mass is 16.1. The van der Waals surface area contributed by atoms with Crippen molar-refractivity contribution in [3.8, 4) is 5.69 Å². The number of nitrogens with one attached hydrogen (secondary N) is 1. The molecule has 0 radical (unpaired) electrons. The Morgan fingerprint density at radius 3 is 2.39 bits per heavy atom. The summed E-state index contributed by atoms with van der Waals surface area (Å²) in [6.07, 6.45) is 2.29. The van der Waals surface area contributed by atoms with Crippen LogP contribution >= 0.6 is 0 Å². The molecule has 0 bridgehead atoms. The summed E-state index contributed by atoms with van der Waals surface area (Å²) in [5.41, 5.74) is 2.94. The Kier molecular flexibility index (Phi) is 4.97. The Morgan fingerprint density at radius 1 is 0.893 bits per heavy atom. The van der Waals surface area contributed by atoms with E-state index in [1.165, 1.54) is 16.5 Å². The SMILES string of the molecule is O=C(NCCc1ccccc1)c1ccc(-n2cnc3ccccc3c2=O)cc1. The number of aromatic nitrogens is 2. The fourth-order valence-corrected chi connectivity index (χ4v) is 3.09. The molecule has 0 aliphatic rings. The van der Waals surface area contributed by atoms with Crippen LogP contribution in [0.1, 0.15) is 15.9 Å². The summed E-state index contributed by atoms with van der Waals surface area (Å²) >= 11 is 0. The topological polar surface area (TPSA) is 64.0 Å². The van der Waals surface area contributed by atoms with Crippen molar-refractivity contribution in [3.63, 3.8) is 0 Å². The summed E-state index contributed by atoms with van der Waals surface area (Å²) in [5.74, 6) is -0.133. The fraction of sp³-hybridized carbons (Fsp3) is 0.0870. The Balaban J connectivity index is 1.47. The average molecular weight is 369 g/mol. The third kappa shape index (κ3) is 3.69. The first-order chi connectivity index (χ1) is 13.7. The third-order valence-corrected chi connectivity index (χ3v) is 4.62. The maximum Gasteiger partial charge on any atom is 0.265 e. The second-order valence-electron chi connectivity index (χ2n) is 6.48. The lowest BCUT2D eigenvalue weighted by molar-refractivity contribution is 0.0954. The second kappa shape index (κ2) is 7.88. The van der Waals surface area contributed by atoms with E-state index in [2.05, 4.69) is 10.3 Å². The number of carbonyl (C=O) groups excluding carboxylic acids is 1. The van der Waals surface area contributed by atoms with E-state index in [0.717, 1.165) is 6.42 Å². The van der Waals surface area contributed by atoms with Crippen LogP contribution in [0.25, 0.3) is 16.6 Å². The van der Waals surface area contributed by atoms with Crippen molar-refractivity contribution in [1.29, 1.82) is 0 Å². The van der Waals surface area contributed by atoms with Crippen LogP contribution in [-0.2, 0) is 6.42 Å². The summed E-state index contributed by atoms with van der Waals surface area (Å²) in [6, 6.07) is 24.2. The minimum atomic E-state index is -0.134. The average Bonchev–Trinajstić information content (AvgIpc) is 2.75. The van der Waals surface area contributed by atoms with E-state index in [4.69, 9.17) is 0 Å². The van der Waals surface area contributed by atoms with Gasteiger partial charge in [0.2, 0.25) is 0 Å². The van der Waals surface area contributed by atoms with Gasteiger partial charge in [0.1, 0.15) is 6.33 Å². The van der Waals surface area contributed by atoms with Crippen molar-refractivity contribution in [2.24, 2.45) is 0 Å². The normalized spacial score (nSPS) is 10.7. The van der Waals surface area contributed by atoms with E-state index in [1.807, 2.05) is 48.5 Å². The van der Waals surface area contributed by atoms with Crippen LogP contribution in [0.15, 0.2) is 90.0 Å². The first kappa shape index (κ1) is 17.7. The molecule has 4 aromatic rings. The number of hydrogen-bond acceptors (Lipinski definition) is 3. The van der Waals surface area contributed by atoms with Gasteiger partial charge in [0.25, 0.3) is 11.5 Å². The summed E-state index contributed by atoms with van der Waals surface area (Å²) < 4.78 is 1.49. The van der Waals surface area contributed by atoms with Gasteiger partial charge in [-0.1, -0.05) is 42.5 Å². The molecular weight excluding hydrogens is 350 g/mol. The molecule has 4 rings (SSSR count). The van der Waals surface area contributed by atoms with Crippen molar-refractivity contribution in [1.82, 2.24) is 14.9 Å². The van der Waals surface area contributed by atoms with E-state index in [1.54, 1.807) is 30.3 Å². The van der Waals surface area contributed by atoms with Gasteiger partial charge in [0.15, 0.2) is 0 Å². The van der Waals surface area contributed by atoms with Gasteiger partial charge in [0.05, 0.1) is 16.6 Å². The zero-order valence-corrected chi connectivity index (χ0v) is 15.2. The molecule has 28 heavy (non-hydrogen) atoms. The molecular formula is C23H19N3O2. The summed E-state index contributed by atoms with van der Waals surface area (Å²) in [7, 11) is 0. The first-order valence-electron chi connectivity index (χ1n) is 9.11. The number of benzene rings is 3. The molecule has 0 aliphatic heterocycles. The summed E-state index contributed by atoms with van der Waals surface area (Å²) in [4.78, 5) is 29.3. The molecule has 0 saturated carbocycles. The van der Waals surface area contributed by atoms with E-state index in [9.17, 15) is 9.59 Å². The maximum absolute atomic E-state index is 12.7. The summed E-state index contributed by atoms with van der Waals surface area (Å²) in [6.45, 7) is 0.568. The molecule has 1 N–H and O–H groups in total. The molecule has 0 saturated heterocycles. The van der Waals surface area contributed by atoms with Gasteiger partial charge >= 0.3 is 0 Å². The third-order valence-electron chi connectivity index (χ3n) is 4.62. The molecule has 0 atom stereocenters. The van der Waals surface area contributed by atoms with E-state index < -0.39 is 0 Å². The molecule has 5 nitrogen and oxygen atoms in total. The highest BCUT2D eigenvalue weighted by Crippen LogP contribution is 2.11. The van der Waals surface area contributed by atoms with Crippen molar-refractivity contribution in [2.45, 2.75) is 6.42 Å². The van der Waals surface area contributed by atoms with Crippen molar-refractivity contribution in [3.05, 3.63) is 107 Å². The number of para-hydroxylation sites is 1. The monoisotopic (exact) mass is 369 g/mol. The lowest BCUT2D eigenvalue weighted by Gasteiger charge is -2.09. The van der Waals surface area contributed by atoms with E-state index in [0.29, 0.717) is 28.7 Å². The minimum Gasteiger partial charge on any atom is -0.352 e. The number of carbonyl (C=O) groups is 1. The van der Waals surface area contributed by atoms with Crippen LogP contribution in [0.3, 0.4) is 0 Å². The standard InChI is InChI=1S/C23H19N3O2/c27-22(24-15-14-17-6-2-1-3-7-17)18-10-12-19(13-11-18)26-16-25-21-9-5-4-8-20(21)23(26)28/h1-13,16H,14-15H2,(H,24,27). The van der Waals surface area contributed by atoms with Crippen LogP contribution < -0.4 is 10.9 Å². The predicted molar refractivity (Wildman–Crippen MR) is 110 cm³/mol. The molecule has 0 aliphatic carbocycles. The molecule has 0 unspecified atom stereocenters. The molecule has 5 heteroatoms. The zero-order chi connectivity index (χ0) is 19.3. The molecule has 1 amide bonds. The number of fused-ring (bicyclic) bond motifs is 1. The van der Waals surface area contributed by atoms with Crippen molar-refractivity contribution >= 4 is 16.8 Å². The van der Waals surface area contributed by atoms with Gasteiger partial charge in [-0.2, -0.15) is 0 Å². The van der Waals surface area contributed by atoms with Crippen LogP contribution in [0.5, 0.6) is 0 Å². The maximum atomic E-state index is 12.7. The Hall–Kier alpha value is -3.73. The van der Waals surface area contributed by atoms with Crippen LogP contribution in [0, 0.1) is 0 Å². The number of amides is 1. The van der Waals surface area contributed by atoms with Crippen molar-refractivity contribution in [2.75, 3.05) is 6.54 Å². The minimum absolute atomic E-state index is 0.133. The van der Waals surface area contributed by atoms with Crippen molar-refractivity contribution < 1.29 is 4.79 Å². The fourth-order valence-electron chi connectivity index (χ4n) is 3.09. The first-order valence-corrected chi connectivity index (χ1v) is 9.11. The van der Waals surface area contributed by atoms with Crippen LogP contribution in [0.4, 0.5) is 0 Å². The highest BCUT2D eigenvalue weighted by molar-refractivity contribution is 5.94. The van der Waals surface area contributed by atoms with Crippen LogP contribution in [-0.4, -0.2) is 22.0 Å². The molecule has 0 spiro atoms. The van der Waals surface area contributed by atoms with Gasteiger partial charge in [-0.15, -0.1) is 0 Å². The second-order valence-corrected chi connectivity index (χ2v) is 6.48. The molecule has 0 fully saturated rings. The quantitative estimate of drug-likeness (QED) is 0.587. The highest BCUT2D eigenvalue weighted by Gasteiger charge is 2.08. The van der Waals surface area contributed by atoms with Crippen LogP contribution in [0.2, 0.25) is 0 Å². The summed E-state index contributed by atoms with van der Waals surface area (Å²) in [5, 5.41) is 3.49. The molecule has 1 aromatic heterocycles. The van der Waals surface area contributed by atoms with Gasteiger partial charge in [-0.05, 0) is 48.4 Å².